The van der Waals surface area contributed by atoms with Crippen molar-refractivity contribution in [3.05, 3.63) is 265 Å². The molecule has 0 radical (unpaired) electrons. The van der Waals surface area contributed by atoms with Crippen molar-refractivity contribution in [2.24, 2.45) is 0 Å². The molecule has 1 unspecified atom stereocenters. The first-order valence-electron chi connectivity index (χ1n) is 22.0. The van der Waals surface area contributed by atoms with Gasteiger partial charge in [0.1, 0.15) is 11.5 Å². The van der Waals surface area contributed by atoms with Gasteiger partial charge in [0.15, 0.2) is 0 Å². The lowest BCUT2D eigenvalue weighted by atomic mass is 9.64. The second-order valence-electron chi connectivity index (χ2n) is 16.8. The molecule has 64 heavy (non-hydrogen) atoms. The van der Waals surface area contributed by atoms with E-state index in [0.717, 1.165) is 62.1 Å². The first kappa shape index (κ1) is 36.3. The van der Waals surface area contributed by atoms with Gasteiger partial charge in [-0.2, -0.15) is 0 Å². The summed E-state index contributed by atoms with van der Waals surface area (Å²) in [7, 11) is 0. The third-order valence-electron chi connectivity index (χ3n) is 13.4. The van der Waals surface area contributed by atoms with Gasteiger partial charge in [0.05, 0.1) is 5.41 Å². The van der Waals surface area contributed by atoms with Crippen LogP contribution in [0.3, 0.4) is 0 Å². The Balaban J connectivity index is 1.18. The zero-order valence-electron chi connectivity index (χ0n) is 34.9. The molecule has 0 N–H and O–H groups in total. The lowest BCUT2D eigenvalue weighted by Gasteiger charge is -2.40. The Morgan fingerprint density at radius 3 is 1.42 bits per heavy atom. The monoisotopic (exact) mass is 816 g/mol. The topological polar surface area (TPSA) is 15.7 Å². The van der Waals surface area contributed by atoms with Crippen LogP contribution < -0.4 is 14.5 Å². The fourth-order valence-corrected chi connectivity index (χ4v) is 10.8. The van der Waals surface area contributed by atoms with Gasteiger partial charge in [-0.3, -0.25) is 0 Å². The molecule has 300 valence electrons. The van der Waals surface area contributed by atoms with Crippen molar-refractivity contribution in [3.63, 3.8) is 0 Å². The van der Waals surface area contributed by atoms with Crippen LogP contribution in [0.2, 0.25) is 0 Å². The van der Waals surface area contributed by atoms with E-state index in [2.05, 4.69) is 252 Å². The van der Waals surface area contributed by atoms with E-state index in [1.165, 1.54) is 49.2 Å². The van der Waals surface area contributed by atoms with E-state index in [-0.39, 0.29) is 0 Å². The summed E-state index contributed by atoms with van der Waals surface area (Å²) in [6.45, 7) is 0. The fraction of sp³-hybridized carbons (Fsp3) is 0.0164. The van der Waals surface area contributed by atoms with Gasteiger partial charge in [-0.05, 0) is 146 Å². The van der Waals surface area contributed by atoms with Crippen LogP contribution in [0.4, 0.5) is 34.1 Å². The van der Waals surface area contributed by atoms with Gasteiger partial charge >= 0.3 is 0 Å². The predicted octanol–water partition coefficient (Wildman–Crippen LogP) is 16.6. The third-order valence-corrected chi connectivity index (χ3v) is 13.4. The molecule has 11 aromatic rings. The molecule has 0 saturated carbocycles. The van der Waals surface area contributed by atoms with E-state index >= 15 is 0 Å². The van der Waals surface area contributed by atoms with Gasteiger partial charge in [-0.1, -0.05) is 152 Å². The maximum atomic E-state index is 7.05. The highest BCUT2D eigenvalue weighted by atomic mass is 16.5. The van der Waals surface area contributed by atoms with Crippen molar-refractivity contribution in [2.45, 2.75) is 5.41 Å². The summed E-state index contributed by atoms with van der Waals surface area (Å²) in [5.41, 5.74) is 13.1. The molecule has 0 fully saturated rings. The molecule has 0 amide bonds. The molecule has 1 aliphatic carbocycles. The number of ether oxygens (including phenoxy) is 1. The third kappa shape index (κ3) is 5.34. The van der Waals surface area contributed by atoms with Crippen molar-refractivity contribution in [1.82, 2.24) is 0 Å². The predicted molar refractivity (Wildman–Crippen MR) is 266 cm³/mol. The van der Waals surface area contributed by atoms with Crippen LogP contribution in [0.1, 0.15) is 22.3 Å². The van der Waals surface area contributed by atoms with E-state index < -0.39 is 5.41 Å². The Morgan fingerprint density at radius 1 is 0.297 bits per heavy atom. The van der Waals surface area contributed by atoms with Gasteiger partial charge < -0.3 is 14.5 Å². The number of hydrogen-bond acceptors (Lipinski definition) is 3. The number of anilines is 6. The van der Waals surface area contributed by atoms with E-state index in [9.17, 15) is 0 Å². The van der Waals surface area contributed by atoms with E-state index in [0.29, 0.717) is 0 Å². The molecule has 13 rings (SSSR count). The van der Waals surface area contributed by atoms with Gasteiger partial charge in [0, 0.05) is 45.3 Å². The minimum absolute atomic E-state index is 0.754. The molecule has 1 spiro atoms. The minimum atomic E-state index is -0.754. The van der Waals surface area contributed by atoms with Crippen LogP contribution in [0.15, 0.2) is 243 Å². The number of rotatable bonds is 6. The first-order valence-corrected chi connectivity index (χ1v) is 22.0. The van der Waals surface area contributed by atoms with Crippen molar-refractivity contribution in [3.8, 4) is 22.6 Å². The zero-order valence-corrected chi connectivity index (χ0v) is 34.9. The van der Waals surface area contributed by atoms with Gasteiger partial charge in [0.25, 0.3) is 0 Å². The summed E-state index contributed by atoms with van der Waals surface area (Å²) in [5, 5.41) is 7.21. The zero-order chi connectivity index (χ0) is 42.2. The van der Waals surface area contributed by atoms with Gasteiger partial charge in [0.2, 0.25) is 0 Å². The van der Waals surface area contributed by atoms with E-state index in [4.69, 9.17) is 4.74 Å². The largest absolute Gasteiger partial charge is 0.457 e. The standard InChI is InChI=1S/C61H40N2O/c1-5-21-43(22-6-1)62(44-23-7-2-8-24-44)47-33-35-51-53(39-47)49-29-15-16-30-50(49)59-52-36-34-48(63(45-25-9-3-10-26-45)46-27-11-4-12-28-46)40-55(52)61(60(51)59)54-31-17-18-32-57(54)64-58-38-42-20-14-13-19-41(42)37-56(58)61/h1-40H. The quantitative estimate of drug-likeness (QED) is 0.156. The summed E-state index contributed by atoms with van der Waals surface area (Å²) >= 11 is 0. The van der Waals surface area contributed by atoms with Crippen LogP contribution in [0, 0.1) is 0 Å². The average molecular weight is 817 g/mol. The van der Waals surface area contributed by atoms with Crippen LogP contribution >= 0.6 is 0 Å². The molecule has 2 aliphatic rings. The van der Waals surface area contributed by atoms with Gasteiger partial charge in [-0.25, -0.2) is 0 Å². The van der Waals surface area contributed by atoms with Crippen molar-refractivity contribution >= 4 is 66.4 Å². The highest BCUT2D eigenvalue weighted by Gasteiger charge is 2.53. The molecule has 0 bridgehead atoms. The summed E-state index contributed by atoms with van der Waals surface area (Å²) in [6.07, 6.45) is 0. The second-order valence-corrected chi connectivity index (χ2v) is 16.8. The highest BCUT2D eigenvalue weighted by molar-refractivity contribution is 6.20. The maximum absolute atomic E-state index is 7.05. The van der Waals surface area contributed by atoms with E-state index in [1.54, 1.807) is 0 Å². The van der Waals surface area contributed by atoms with Crippen LogP contribution in [-0.2, 0) is 5.41 Å². The van der Waals surface area contributed by atoms with E-state index in [1.807, 2.05) is 0 Å². The molecule has 11 aromatic carbocycles. The highest BCUT2D eigenvalue weighted by Crippen LogP contribution is 2.66. The molecule has 3 heteroatoms. The second kappa shape index (κ2) is 14.3. The number of fused-ring (bicyclic) bond motifs is 15. The summed E-state index contributed by atoms with van der Waals surface area (Å²) in [6, 6.07) is 88.2. The van der Waals surface area contributed by atoms with Gasteiger partial charge in [-0.15, -0.1) is 0 Å². The Labute approximate surface area is 372 Å². The Hall–Kier alpha value is -8.40. The Kier molecular flexibility index (Phi) is 8.13. The molecule has 0 saturated heterocycles. The van der Waals surface area contributed by atoms with Crippen LogP contribution in [-0.4, -0.2) is 0 Å². The summed E-state index contributed by atoms with van der Waals surface area (Å²) in [5.74, 6) is 1.75. The SMILES string of the molecule is c1ccc(N(c2ccccc2)c2ccc3c(c2)C2(c4ccccc4Oc4cc5ccccc5cc42)c2c-3c3ccccc3c3cc(N(c4ccccc4)c4ccccc4)ccc23)cc1. The summed E-state index contributed by atoms with van der Waals surface area (Å²) < 4.78 is 7.05. The molecule has 1 atom stereocenters. The van der Waals surface area contributed by atoms with Crippen molar-refractivity contribution in [1.29, 1.82) is 0 Å². The minimum Gasteiger partial charge on any atom is -0.457 e. The first-order chi connectivity index (χ1) is 31.8. The average Bonchev–Trinajstić information content (AvgIpc) is 3.66. The normalized spacial score (nSPS) is 14.4. The Morgan fingerprint density at radius 2 is 0.797 bits per heavy atom. The molecular formula is C61H40N2O. The fourth-order valence-electron chi connectivity index (χ4n) is 10.8. The summed E-state index contributed by atoms with van der Waals surface area (Å²) in [4.78, 5) is 4.75. The van der Waals surface area contributed by atoms with Crippen LogP contribution in [0.25, 0.3) is 43.4 Å². The molecule has 3 nitrogen and oxygen atoms in total. The molecule has 1 aliphatic heterocycles. The lowest BCUT2D eigenvalue weighted by molar-refractivity contribution is 0.438. The molecular weight excluding hydrogens is 777 g/mol. The van der Waals surface area contributed by atoms with Crippen molar-refractivity contribution < 1.29 is 4.74 Å². The number of benzene rings is 11. The molecule has 0 aromatic heterocycles. The maximum Gasteiger partial charge on any atom is 0.132 e. The van der Waals surface area contributed by atoms with Crippen molar-refractivity contribution in [2.75, 3.05) is 9.80 Å². The lowest BCUT2D eigenvalue weighted by Crippen LogP contribution is -2.32. The molecule has 1 heterocycles. The number of para-hydroxylation sites is 5. The number of nitrogens with zero attached hydrogens (tertiary/aromatic N) is 2. The number of hydrogen-bond donors (Lipinski definition) is 0. The van der Waals surface area contributed by atoms with Crippen LogP contribution in [0.5, 0.6) is 11.5 Å². The Bertz CT molecular complexity index is 3510. The smallest absolute Gasteiger partial charge is 0.132 e.